The first kappa shape index (κ1) is 16.6. The van der Waals surface area contributed by atoms with E-state index in [9.17, 15) is 14.4 Å². The van der Waals surface area contributed by atoms with Crippen molar-refractivity contribution < 1.29 is 14.4 Å². The minimum absolute atomic E-state index is 0.0127. The predicted molar refractivity (Wildman–Crippen MR) is 94.3 cm³/mol. The lowest BCUT2D eigenvalue weighted by Gasteiger charge is -2.29. The summed E-state index contributed by atoms with van der Waals surface area (Å²) >= 11 is 1.54. The van der Waals surface area contributed by atoms with Crippen molar-refractivity contribution in [1.29, 1.82) is 0 Å². The summed E-state index contributed by atoms with van der Waals surface area (Å²) in [7, 11) is 3.50. The molecule has 1 aliphatic carbocycles. The number of amides is 3. The van der Waals surface area contributed by atoms with E-state index in [0.717, 1.165) is 29.7 Å². The third kappa shape index (κ3) is 3.05. The standard InChI is InChI=1S/C18H23N3O3S/c1-19(2)18(24)15-7-11-9-20(6-5-14(11)25-15)17(23)12-8-16(22)21(10-12)13-3-4-13/h7,12-13H,3-6,8-10H2,1-2H3. The summed E-state index contributed by atoms with van der Waals surface area (Å²) in [6.07, 6.45) is 3.31. The Balaban J connectivity index is 1.44. The van der Waals surface area contributed by atoms with Crippen molar-refractivity contribution in [2.75, 3.05) is 27.2 Å². The van der Waals surface area contributed by atoms with E-state index in [1.165, 1.54) is 16.2 Å². The Kier molecular flexibility index (Phi) is 4.06. The number of thiophene rings is 1. The van der Waals surface area contributed by atoms with Crippen molar-refractivity contribution in [2.24, 2.45) is 5.92 Å². The molecule has 3 heterocycles. The highest BCUT2D eigenvalue weighted by atomic mass is 32.1. The molecule has 1 saturated carbocycles. The molecule has 25 heavy (non-hydrogen) atoms. The van der Waals surface area contributed by atoms with Gasteiger partial charge in [0.05, 0.1) is 10.8 Å². The van der Waals surface area contributed by atoms with Crippen LogP contribution in [0.4, 0.5) is 0 Å². The van der Waals surface area contributed by atoms with Crippen LogP contribution in [0.1, 0.15) is 39.4 Å². The van der Waals surface area contributed by atoms with Crippen LogP contribution in [0, 0.1) is 5.92 Å². The maximum atomic E-state index is 12.9. The Morgan fingerprint density at radius 2 is 2.04 bits per heavy atom. The molecule has 134 valence electrons. The van der Waals surface area contributed by atoms with Gasteiger partial charge in [-0.05, 0) is 30.9 Å². The van der Waals surface area contributed by atoms with Gasteiger partial charge in [0.1, 0.15) is 0 Å². The van der Waals surface area contributed by atoms with Gasteiger partial charge in [-0.25, -0.2) is 0 Å². The molecule has 7 heteroatoms. The van der Waals surface area contributed by atoms with Gasteiger partial charge in [0.15, 0.2) is 0 Å². The fourth-order valence-electron chi connectivity index (χ4n) is 3.74. The van der Waals surface area contributed by atoms with Crippen molar-refractivity contribution in [3.63, 3.8) is 0 Å². The molecule has 2 aliphatic heterocycles. The molecule has 3 aliphatic rings. The average molecular weight is 361 g/mol. The number of fused-ring (bicyclic) bond motifs is 1. The first-order valence-corrected chi connectivity index (χ1v) is 9.67. The monoisotopic (exact) mass is 361 g/mol. The zero-order valence-corrected chi connectivity index (χ0v) is 15.5. The van der Waals surface area contributed by atoms with Crippen molar-refractivity contribution in [2.45, 2.75) is 38.3 Å². The lowest BCUT2D eigenvalue weighted by molar-refractivity contribution is -0.136. The molecule has 0 bridgehead atoms. The van der Waals surface area contributed by atoms with Gasteiger partial charge in [-0.2, -0.15) is 0 Å². The molecule has 4 rings (SSSR count). The molecule has 0 N–H and O–H groups in total. The molecular weight excluding hydrogens is 338 g/mol. The van der Waals surface area contributed by atoms with Crippen LogP contribution in [0.5, 0.6) is 0 Å². The van der Waals surface area contributed by atoms with Gasteiger partial charge < -0.3 is 14.7 Å². The second-order valence-corrected chi connectivity index (χ2v) is 8.58. The highest BCUT2D eigenvalue weighted by Gasteiger charge is 2.43. The first-order chi connectivity index (χ1) is 11.9. The van der Waals surface area contributed by atoms with Gasteiger partial charge in [0, 0.05) is 51.1 Å². The summed E-state index contributed by atoms with van der Waals surface area (Å²) in [4.78, 5) is 44.4. The van der Waals surface area contributed by atoms with Gasteiger partial charge in [-0.15, -0.1) is 11.3 Å². The van der Waals surface area contributed by atoms with E-state index >= 15 is 0 Å². The number of nitrogens with zero attached hydrogens (tertiary/aromatic N) is 3. The Morgan fingerprint density at radius 1 is 1.28 bits per heavy atom. The Labute approximate surface area is 151 Å². The molecule has 6 nitrogen and oxygen atoms in total. The summed E-state index contributed by atoms with van der Waals surface area (Å²) in [5.41, 5.74) is 1.08. The molecule has 1 atom stereocenters. The fraction of sp³-hybridized carbons (Fsp3) is 0.611. The van der Waals surface area contributed by atoms with E-state index in [-0.39, 0.29) is 23.6 Å². The summed E-state index contributed by atoms with van der Waals surface area (Å²) in [6.45, 7) is 1.81. The number of carbonyl (C=O) groups excluding carboxylic acids is 3. The number of hydrogen-bond donors (Lipinski definition) is 0. The summed E-state index contributed by atoms with van der Waals surface area (Å²) in [5, 5.41) is 0. The maximum Gasteiger partial charge on any atom is 0.263 e. The fourth-order valence-corrected chi connectivity index (χ4v) is 4.93. The van der Waals surface area contributed by atoms with E-state index in [2.05, 4.69) is 0 Å². The van der Waals surface area contributed by atoms with E-state index in [1.54, 1.807) is 19.0 Å². The van der Waals surface area contributed by atoms with Crippen molar-refractivity contribution in [3.05, 3.63) is 21.4 Å². The lowest BCUT2D eigenvalue weighted by atomic mass is 10.0. The van der Waals surface area contributed by atoms with E-state index in [1.807, 2.05) is 15.9 Å². The largest absolute Gasteiger partial charge is 0.344 e. The van der Waals surface area contributed by atoms with Crippen LogP contribution in [0.3, 0.4) is 0 Å². The molecule has 2 fully saturated rings. The van der Waals surface area contributed by atoms with E-state index < -0.39 is 0 Å². The van der Waals surface area contributed by atoms with Gasteiger partial charge in [0.2, 0.25) is 11.8 Å². The number of likely N-dealkylation sites (tertiary alicyclic amines) is 1. The highest BCUT2D eigenvalue weighted by Crippen LogP contribution is 2.34. The van der Waals surface area contributed by atoms with Crippen molar-refractivity contribution in [3.8, 4) is 0 Å². The van der Waals surface area contributed by atoms with Gasteiger partial charge in [0.25, 0.3) is 5.91 Å². The Bertz CT molecular complexity index is 738. The molecular formula is C18H23N3O3S. The molecule has 3 amide bonds. The second-order valence-electron chi connectivity index (χ2n) is 7.45. The SMILES string of the molecule is CN(C)C(=O)c1cc2c(s1)CCN(C(=O)C1CC(=O)N(C3CC3)C1)C2. The second kappa shape index (κ2) is 6.12. The van der Waals surface area contributed by atoms with Crippen LogP contribution in [0.15, 0.2) is 6.07 Å². The molecule has 0 aromatic carbocycles. The Hall–Kier alpha value is -1.89. The van der Waals surface area contributed by atoms with Crippen LogP contribution >= 0.6 is 11.3 Å². The predicted octanol–water partition coefficient (Wildman–Crippen LogP) is 1.35. The van der Waals surface area contributed by atoms with E-state index in [4.69, 9.17) is 0 Å². The Morgan fingerprint density at radius 3 is 2.72 bits per heavy atom. The summed E-state index contributed by atoms with van der Waals surface area (Å²) in [6, 6.07) is 2.31. The van der Waals surface area contributed by atoms with Crippen LogP contribution in [-0.4, -0.2) is 65.6 Å². The van der Waals surface area contributed by atoms with E-state index in [0.29, 0.717) is 32.1 Å². The highest BCUT2D eigenvalue weighted by molar-refractivity contribution is 7.14. The van der Waals surface area contributed by atoms with Crippen LogP contribution in [0.2, 0.25) is 0 Å². The van der Waals surface area contributed by atoms with Crippen LogP contribution < -0.4 is 0 Å². The zero-order chi connectivity index (χ0) is 17.7. The summed E-state index contributed by atoms with van der Waals surface area (Å²) < 4.78 is 0. The van der Waals surface area contributed by atoms with Gasteiger partial charge in [-0.1, -0.05) is 0 Å². The van der Waals surface area contributed by atoms with Crippen LogP contribution in [-0.2, 0) is 22.6 Å². The smallest absolute Gasteiger partial charge is 0.263 e. The minimum atomic E-state index is -0.198. The third-order valence-electron chi connectivity index (χ3n) is 5.29. The summed E-state index contributed by atoms with van der Waals surface area (Å²) in [5.74, 6) is 0.0386. The van der Waals surface area contributed by atoms with Crippen LogP contribution in [0.25, 0.3) is 0 Å². The first-order valence-electron chi connectivity index (χ1n) is 8.85. The van der Waals surface area contributed by atoms with Gasteiger partial charge in [-0.3, -0.25) is 14.4 Å². The molecule has 1 aromatic rings. The quantitative estimate of drug-likeness (QED) is 0.816. The third-order valence-corrected chi connectivity index (χ3v) is 6.52. The lowest BCUT2D eigenvalue weighted by Crippen LogP contribution is -2.40. The molecule has 1 saturated heterocycles. The van der Waals surface area contributed by atoms with Crippen molar-refractivity contribution in [1.82, 2.24) is 14.7 Å². The molecule has 1 aromatic heterocycles. The number of rotatable bonds is 3. The van der Waals surface area contributed by atoms with Crippen molar-refractivity contribution >= 4 is 29.1 Å². The number of hydrogen-bond acceptors (Lipinski definition) is 4. The zero-order valence-electron chi connectivity index (χ0n) is 14.7. The minimum Gasteiger partial charge on any atom is -0.344 e. The molecule has 0 spiro atoms. The average Bonchev–Trinajstić information content (AvgIpc) is 3.22. The van der Waals surface area contributed by atoms with Gasteiger partial charge >= 0.3 is 0 Å². The normalized spacial score (nSPS) is 23.0. The molecule has 1 unspecified atom stereocenters. The molecule has 0 radical (unpaired) electrons. The topological polar surface area (TPSA) is 60.9 Å². The number of carbonyl (C=O) groups is 3. The maximum absolute atomic E-state index is 12.9.